The van der Waals surface area contributed by atoms with Crippen LogP contribution in [0.4, 0.5) is 13.2 Å². The highest BCUT2D eigenvalue weighted by Crippen LogP contribution is 2.37. The Morgan fingerprint density at radius 2 is 1.89 bits per heavy atom. The van der Waals surface area contributed by atoms with Gasteiger partial charge in [0.05, 0.1) is 18.3 Å². The summed E-state index contributed by atoms with van der Waals surface area (Å²) in [6.45, 7) is 0. The zero-order valence-electron chi connectivity index (χ0n) is 9.89. The molecule has 19 heavy (non-hydrogen) atoms. The lowest BCUT2D eigenvalue weighted by Gasteiger charge is -2.27. The summed E-state index contributed by atoms with van der Waals surface area (Å²) in [6.07, 6.45) is -3.04. The third-order valence-corrected chi connectivity index (χ3v) is 3.31. The minimum absolute atomic E-state index is 0.352. The smallest absolute Gasteiger partial charge is 0.433 e. The number of hydrogen-bond acceptors (Lipinski definition) is 3. The van der Waals surface area contributed by atoms with E-state index >= 15 is 0 Å². The summed E-state index contributed by atoms with van der Waals surface area (Å²) in [5.74, 6) is -1.64. The number of carboxylic acid groups (broad SMARTS) is 1. The van der Waals surface area contributed by atoms with Gasteiger partial charge in [-0.15, -0.1) is 0 Å². The Kier molecular flexibility index (Phi) is 3.53. The highest BCUT2D eigenvalue weighted by Gasteiger charge is 2.42. The van der Waals surface area contributed by atoms with Crippen molar-refractivity contribution in [2.75, 3.05) is 0 Å². The summed E-state index contributed by atoms with van der Waals surface area (Å²) >= 11 is 0. The quantitative estimate of drug-likeness (QED) is 0.868. The molecule has 0 aliphatic heterocycles. The number of halogens is 3. The summed E-state index contributed by atoms with van der Waals surface area (Å²) in [4.78, 5) is 10.8. The number of rotatable bonds is 2. The zero-order chi connectivity index (χ0) is 14.2. The van der Waals surface area contributed by atoms with Crippen LogP contribution in [-0.4, -0.2) is 32.1 Å². The third kappa shape index (κ3) is 2.73. The number of aliphatic hydroxyl groups is 1. The number of carbonyl (C=O) groups is 1. The van der Waals surface area contributed by atoms with Gasteiger partial charge >= 0.3 is 12.1 Å². The summed E-state index contributed by atoms with van der Waals surface area (Å²) < 4.78 is 39.6. The molecule has 0 amide bonds. The molecule has 2 N–H and O–H groups in total. The molecule has 1 heterocycles. The number of aromatic nitrogens is 2. The third-order valence-electron chi connectivity index (χ3n) is 3.31. The number of aromatic carboxylic acids is 1. The first kappa shape index (κ1) is 13.9. The molecular formula is C11H13F3N2O3. The lowest BCUT2D eigenvalue weighted by Crippen LogP contribution is -2.26. The molecule has 1 aromatic rings. The molecule has 0 bridgehead atoms. The SMILES string of the molecule is O=C(O)c1cnn(C2CCC(O)CC2)c1C(F)(F)F. The van der Waals surface area contributed by atoms with Gasteiger partial charge in [-0.25, -0.2) is 4.79 Å². The van der Waals surface area contributed by atoms with Gasteiger partial charge < -0.3 is 10.2 Å². The van der Waals surface area contributed by atoms with Gasteiger partial charge in [0.25, 0.3) is 0 Å². The Balaban J connectivity index is 2.38. The molecule has 1 saturated carbocycles. The highest BCUT2D eigenvalue weighted by atomic mass is 19.4. The van der Waals surface area contributed by atoms with Crippen LogP contribution in [0.25, 0.3) is 0 Å². The second kappa shape index (κ2) is 4.84. The van der Waals surface area contributed by atoms with Crippen LogP contribution >= 0.6 is 0 Å². The molecule has 5 nitrogen and oxygen atoms in total. The van der Waals surface area contributed by atoms with Crippen molar-refractivity contribution in [3.8, 4) is 0 Å². The average molecular weight is 278 g/mol. The van der Waals surface area contributed by atoms with Crippen molar-refractivity contribution in [2.24, 2.45) is 0 Å². The zero-order valence-corrected chi connectivity index (χ0v) is 9.89. The van der Waals surface area contributed by atoms with E-state index in [1.165, 1.54) is 0 Å². The Hall–Kier alpha value is -1.57. The summed E-state index contributed by atoms with van der Waals surface area (Å²) in [5.41, 5.74) is -2.06. The van der Waals surface area contributed by atoms with Gasteiger partial charge in [-0.2, -0.15) is 18.3 Å². The van der Waals surface area contributed by atoms with Crippen molar-refractivity contribution < 1.29 is 28.2 Å². The van der Waals surface area contributed by atoms with E-state index in [2.05, 4.69) is 5.10 Å². The van der Waals surface area contributed by atoms with E-state index in [0.29, 0.717) is 25.7 Å². The van der Waals surface area contributed by atoms with E-state index in [4.69, 9.17) is 5.11 Å². The lowest BCUT2D eigenvalue weighted by atomic mass is 9.93. The van der Waals surface area contributed by atoms with Crippen LogP contribution in [0.1, 0.15) is 47.8 Å². The monoisotopic (exact) mass is 278 g/mol. The van der Waals surface area contributed by atoms with Crippen LogP contribution in [0, 0.1) is 0 Å². The van der Waals surface area contributed by atoms with Crippen molar-refractivity contribution in [2.45, 2.75) is 44.0 Å². The predicted molar refractivity (Wildman–Crippen MR) is 57.7 cm³/mol. The first-order valence-corrected chi connectivity index (χ1v) is 5.86. The summed E-state index contributed by atoms with van der Waals surface area (Å²) in [7, 11) is 0. The van der Waals surface area contributed by atoms with Gasteiger partial charge in [-0.05, 0) is 25.7 Å². The minimum Gasteiger partial charge on any atom is -0.478 e. The molecule has 0 unspecified atom stereocenters. The fraction of sp³-hybridized carbons (Fsp3) is 0.636. The molecular weight excluding hydrogens is 265 g/mol. The Labute approximate surface area is 106 Å². The molecule has 1 aliphatic rings. The molecule has 0 saturated heterocycles. The van der Waals surface area contributed by atoms with E-state index in [0.717, 1.165) is 10.9 Å². The molecule has 0 radical (unpaired) electrons. The number of alkyl halides is 3. The summed E-state index contributed by atoms with van der Waals surface area (Å²) in [5, 5.41) is 21.7. The van der Waals surface area contributed by atoms with Crippen molar-refractivity contribution in [3.05, 3.63) is 17.5 Å². The van der Waals surface area contributed by atoms with Crippen LogP contribution in [0.2, 0.25) is 0 Å². The van der Waals surface area contributed by atoms with Crippen molar-refractivity contribution in [3.63, 3.8) is 0 Å². The number of nitrogens with zero attached hydrogens (tertiary/aromatic N) is 2. The predicted octanol–water partition coefficient (Wildman–Crippen LogP) is 2.08. The van der Waals surface area contributed by atoms with Crippen molar-refractivity contribution in [1.29, 1.82) is 0 Å². The van der Waals surface area contributed by atoms with Crippen LogP contribution in [0.5, 0.6) is 0 Å². The first-order chi connectivity index (χ1) is 8.80. The average Bonchev–Trinajstić information content (AvgIpc) is 2.74. The fourth-order valence-electron chi connectivity index (χ4n) is 2.38. The van der Waals surface area contributed by atoms with Gasteiger partial charge in [0, 0.05) is 0 Å². The molecule has 1 fully saturated rings. The Morgan fingerprint density at radius 1 is 1.32 bits per heavy atom. The minimum atomic E-state index is -4.76. The van der Waals surface area contributed by atoms with Crippen molar-refractivity contribution in [1.82, 2.24) is 9.78 Å². The van der Waals surface area contributed by atoms with E-state index < -0.39 is 35.5 Å². The Morgan fingerprint density at radius 3 is 2.37 bits per heavy atom. The van der Waals surface area contributed by atoms with Gasteiger partial charge in [-0.1, -0.05) is 0 Å². The maximum absolute atomic E-state index is 13.0. The molecule has 0 atom stereocenters. The second-order valence-electron chi connectivity index (χ2n) is 4.62. The topological polar surface area (TPSA) is 75.3 Å². The van der Waals surface area contributed by atoms with Gasteiger partial charge in [0.2, 0.25) is 0 Å². The van der Waals surface area contributed by atoms with Crippen molar-refractivity contribution >= 4 is 5.97 Å². The van der Waals surface area contributed by atoms with Crippen LogP contribution in [0.15, 0.2) is 6.20 Å². The lowest BCUT2D eigenvalue weighted by molar-refractivity contribution is -0.145. The highest BCUT2D eigenvalue weighted by molar-refractivity contribution is 5.88. The standard InChI is InChI=1S/C11H13F3N2O3/c12-11(13,14)9-8(10(18)19)5-15-16(9)6-1-3-7(17)4-2-6/h5-7,17H,1-4H2,(H,18,19). The van der Waals surface area contributed by atoms with Gasteiger partial charge in [0.1, 0.15) is 5.56 Å². The van der Waals surface area contributed by atoms with E-state index in [1.807, 2.05) is 0 Å². The fourth-order valence-corrected chi connectivity index (χ4v) is 2.38. The Bertz CT molecular complexity index is 476. The summed E-state index contributed by atoms with van der Waals surface area (Å²) in [6, 6.07) is -0.520. The van der Waals surface area contributed by atoms with E-state index in [-0.39, 0.29) is 0 Å². The molecule has 0 spiro atoms. The van der Waals surface area contributed by atoms with Crippen LogP contribution in [-0.2, 0) is 6.18 Å². The molecule has 106 valence electrons. The number of aliphatic hydroxyl groups excluding tert-OH is 1. The van der Waals surface area contributed by atoms with Gasteiger partial charge in [-0.3, -0.25) is 4.68 Å². The first-order valence-electron chi connectivity index (χ1n) is 5.86. The molecule has 8 heteroatoms. The largest absolute Gasteiger partial charge is 0.478 e. The molecule has 2 rings (SSSR count). The maximum atomic E-state index is 13.0. The number of hydrogen-bond donors (Lipinski definition) is 2. The maximum Gasteiger partial charge on any atom is 0.433 e. The molecule has 0 aromatic carbocycles. The number of carboxylic acids is 1. The van der Waals surface area contributed by atoms with Crippen LogP contribution in [0.3, 0.4) is 0 Å². The van der Waals surface area contributed by atoms with E-state index in [1.54, 1.807) is 0 Å². The second-order valence-corrected chi connectivity index (χ2v) is 4.62. The van der Waals surface area contributed by atoms with Gasteiger partial charge in [0.15, 0.2) is 5.69 Å². The molecule has 1 aromatic heterocycles. The van der Waals surface area contributed by atoms with E-state index in [9.17, 15) is 23.1 Å². The normalized spacial score (nSPS) is 24.4. The molecule has 1 aliphatic carbocycles. The van der Waals surface area contributed by atoms with Crippen LogP contribution < -0.4 is 0 Å².